The number of imide groups is 2. The van der Waals surface area contributed by atoms with Gasteiger partial charge < -0.3 is 9.52 Å². The van der Waals surface area contributed by atoms with E-state index in [1.807, 2.05) is 0 Å². The zero-order chi connectivity index (χ0) is 23.9. The molecule has 0 atom stereocenters. The summed E-state index contributed by atoms with van der Waals surface area (Å²) in [5.41, 5.74) is 0.974. The smallest absolute Gasteiger partial charge is 0.337 e. The topological polar surface area (TPSA) is 117 Å². The van der Waals surface area contributed by atoms with E-state index in [0.29, 0.717) is 16.3 Å². The third-order valence-electron chi connectivity index (χ3n) is 4.91. The van der Waals surface area contributed by atoms with Crippen LogP contribution in [0, 0.1) is 6.92 Å². The molecule has 3 aromatic rings. The number of halogens is 2. The van der Waals surface area contributed by atoms with E-state index in [1.165, 1.54) is 36.4 Å². The average Bonchev–Trinajstić information content (AvgIpc) is 3.22. The highest BCUT2D eigenvalue weighted by atomic mass is 35.5. The number of hydrogen-bond donors (Lipinski definition) is 2. The van der Waals surface area contributed by atoms with Crippen LogP contribution in [0.4, 0.5) is 10.5 Å². The lowest BCUT2D eigenvalue weighted by atomic mass is 10.1. The number of hydrogen-bond acceptors (Lipinski definition) is 5. The van der Waals surface area contributed by atoms with Crippen molar-refractivity contribution in [3.8, 4) is 11.3 Å². The van der Waals surface area contributed by atoms with Gasteiger partial charge in [-0.2, -0.15) is 0 Å². The summed E-state index contributed by atoms with van der Waals surface area (Å²) >= 11 is 12.0. The number of carbonyl (C=O) groups is 4. The zero-order valence-electron chi connectivity index (χ0n) is 16.9. The van der Waals surface area contributed by atoms with Gasteiger partial charge in [-0.3, -0.25) is 14.9 Å². The van der Waals surface area contributed by atoms with Crippen LogP contribution in [0.15, 0.2) is 58.5 Å². The van der Waals surface area contributed by atoms with E-state index in [4.69, 9.17) is 27.6 Å². The summed E-state index contributed by atoms with van der Waals surface area (Å²) in [7, 11) is 0. The van der Waals surface area contributed by atoms with Crippen molar-refractivity contribution in [3.05, 3.63) is 81.0 Å². The van der Waals surface area contributed by atoms with Crippen molar-refractivity contribution in [2.24, 2.45) is 0 Å². The van der Waals surface area contributed by atoms with Crippen LogP contribution in [0.2, 0.25) is 10.0 Å². The van der Waals surface area contributed by atoms with Crippen molar-refractivity contribution in [1.82, 2.24) is 5.32 Å². The lowest BCUT2D eigenvalue weighted by Gasteiger charge is -2.26. The van der Waals surface area contributed by atoms with Crippen molar-refractivity contribution >= 4 is 58.8 Å². The molecule has 4 rings (SSSR count). The third-order valence-corrected chi connectivity index (χ3v) is 5.65. The normalized spacial score (nSPS) is 15.2. The lowest BCUT2D eigenvalue weighted by Crippen LogP contribution is -2.54. The molecular weight excluding hydrogens is 471 g/mol. The third kappa shape index (κ3) is 4.26. The summed E-state index contributed by atoms with van der Waals surface area (Å²) < 4.78 is 5.68. The Morgan fingerprint density at radius 1 is 1.03 bits per heavy atom. The minimum atomic E-state index is -1.19. The molecule has 0 aliphatic carbocycles. The fourth-order valence-electron chi connectivity index (χ4n) is 3.18. The first-order chi connectivity index (χ1) is 15.7. The maximum atomic E-state index is 13.0. The molecule has 0 unspecified atom stereocenters. The number of nitrogens with zero attached hydrogens (tertiary/aromatic N) is 1. The van der Waals surface area contributed by atoms with Gasteiger partial charge in [-0.1, -0.05) is 29.3 Å². The fraction of sp³-hybridized carbons (Fsp3) is 0.0435. The maximum Gasteiger partial charge on any atom is 0.337 e. The molecule has 166 valence electrons. The number of amides is 4. The summed E-state index contributed by atoms with van der Waals surface area (Å²) in [6, 6.07) is 11.1. The van der Waals surface area contributed by atoms with Crippen LogP contribution in [-0.2, 0) is 9.59 Å². The second-order valence-electron chi connectivity index (χ2n) is 7.09. The van der Waals surface area contributed by atoms with E-state index in [2.05, 4.69) is 5.32 Å². The number of urea groups is 1. The molecule has 1 fully saturated rings. The largest absolute Gasteiger partial charge is 0.478 e. The molecule has 10 heteroatoms. The van der Waals surface area contributed by atoms with Crippen LogP contribution in [0.25, 0.3) is 17.4 Å². The molecule has 1 aromatic heterocycles. The Morgan fingerprint density at radius 2 is 1.79 bits per heavy atom. The molecular formula is C23H14Cl2N2O6. The molecule has 4 amide bonds. The van der Waals surface area contributed by atoms with Crippen molar-refractivity contribution in [3.63, 3.8) is 0 Å². The second-order valence-corrected chi connectivity index (χ2v) is 7.91. The number of furan rings is 1. The highest BCUT2D eigenvalue weighted by molar-refractivity contribution is 6.39. The molecule has 33 heavy (non-hydrogen) atoms. The molecule has 2 heterocycles. The van der Waals surface area contributed by atoms with E-state index < -0.39 is 23.8 Å². The SMILES string of the molecule is Cc1ccc(N2C(=O)NC(=O)/C(=C\c3ccc(-c4ccc(Cl)c(C(=O)O)c4)o3)C2=O)cc1Cl. The number of benzene rings is 2. The first-order valence-corrected chi connectivity index (χ1v) is 10.2. The van der Waals surface area contributed by atoms with Crippen LogP contribution >= 0.6 is 23.2 Å². The summed E-state index contributed by atoms with van der Waals surface area (Å²) in [5, 5.41) is 11.8. The number of barbiturate groups is 1. The highest BCUT2D eigenvalue weighted by Gasteiger charge is 2.37. The molecule has 2 N–H and O–H groups in total. The molecule has 1 saturated heterocycles. The van der Waals surface area contributed by atoms with Gasteiger partial charge in [0.25, 0.3) is 11.8 Å². The van der Waals surface area contributed by atoms with E-state index in [1.54, 1.807) is 25.1 Å². The number of carbonyl (C=O) groups excluding carboxylic acids is 3. The Labute approximate surface area is 197 Å². The Morgan fingerprint density at radius 3 is 2.48 bits per heavy atom. The van der Waals surface area contributed by atoms with E-state index in [0.717, 1.165) is 10.5 Å². The van der Waals surface area contributed by atoms with Gasteiger partial charge >= 0.3 is 12.0 Å². The number of nitrogens with one attached hydrogen (secondary N) is 1. The predicted octanol–water partition coefficient (Wildman–Crippen LogP) is 4.93. The Hall–Kier alpha value is -3.88. The van der Waals surface area contributed by atoms with Crippen LogP contribution in [0.5, 0.6) is 0 Å². The predicted molar refractivity (Wildman–Crippen MR) is 121 cm³/mol. The number of aryl methyl sites for hydroxylation is 1. The molecule has 1 aliphatic heterocycles. The van der Waals surface area contributed by atoms with Gasteiger partial charge in [0.2, 0.25) is 0 Å². The molecule has 0 bridgehead atoms. The van der Waals surface area contributed by atoms with E-state index in [-0.39, 0.29) is 27.6 Å². The van der Waals surface area contributed by atoms with Crippen molar-refractivity contribution < 1.29 is 28.7 Å². The first-order valence-electron chi connectivity index (χ1n) is 9.46. The van der Waals surface area contributed by atoms with Crippen LogP contribution in [0.1, 0.15) is 21.7 Å². The quantitative estimate of drug-likeness (QED) is 0.400. The molecule has 1 aliphatic rings. The van der Waals surface area contributed by atoms with Crippen molar-refractivity contribution in [1.29, 1.82) is 0 Å². The monoisotopic (exact) mass is 484 g/mol. The van der Waals surface area contributed by atoms with Gasteiger partial charge in [0.1, 0.15) is 17.1 Å². The van der Waals surface area contributed by atoms with Crippen LogP contribution in [-0.4, -0.2) is 28.9 Å². The summed E-state index contributed by atoms with van der Waals surface area (Å²) in [6.45, 7) is 1.77. The van der Waals surface area contributed by atoms with Gasteiger partial charge in [0, 0.05) is 10.6 Å². The maximum absolute atomic E-state index is 13.0. The molecule has 0 saturated carbocycles. The van der Waals surface area contributed by atoms with Crippen molar-refractivity contribution in [2.45, 2.75) is 6.92 Å². The fourth-order valence-corrected chi connectivity index (χ4v) is 3.56. The van der Waals surface area contributed by atoms with E-state index >= 15 is 0 Å². The zero-order valence-corrected chi connectivity index (χ0v) is 18.4. The Bertz CT molecular complexity index is 1380. The minimum absolute atomic E-state index is 0.0746. The number of rotatable bonds is 4. The van der Waals surface area contributed by atoms with Gasteiger partial charge in [-0.15, -0.1) is 0 Å². The first kappa shape index (κ1) is 22.3. The standard InChI is InChI=1S/C23H14Cl2N2O6/c1-11-2-4-13(9-18(11)25)27-21(29)16(20(28)26-23(27)32)10-14-5-7-19(33-14)12-3-6-17(24)15(8-12)22(30)31/h2-10H,1H3,(H,30,31)(H,26,28,32)/b16-10+. The number of carboxylic acids is 1. The molecule has 0 spiro atoms. The van der Waals surface area contributed by atoms with Gasteiger partial charge in [0.05, 0.1) is 16.3 Å². The number of anilines is 1. The summed E-state index contributed by atoms with van der Waals surface area (Å²) in [4.78, 5) is 49.8. The summed E-state index contributed by atoms with van der Waals surface area (Å²) in [6.07, 6.45) is 1.20. The molecule has 2 aromatic carbocycles. The van der Waals surface area contributed by atoms with Crippen molar-refractivity contribution in [2.75, 3.05) is 4.90 Å². The molecule has 0 radical (unpaired) electrons. The Kier molecular flexibility index (Phi) is 5.80. The van der Waals surface area contributed by atoms with Crippen LogP contribution in [0.3, 0.4) is 0 Å². The summed E-state index contributed by atoms with van der Waals surface area (Å²) in [5.74, 6) is -2.48. The van der Waals surface area contributed by atoms with Gasteiger partial charge in [-0.05, 0) is 61.0 Å². The number of aromatic carboxylic acids is 1. The minimum Gasteiger partial charge on any atom is -0.478 e. The van der Waals surface area contributed by atoms with Gasteiger partial charge in [0.15, 0.2) is 0 Å². The van der Waals surface area contributed by atoms with E-state index in [9.17, 15) is 24.3 Å². The number of carboxylic acid groups (broad SMARTS) is 1. The highest BCUT2D eigenvalue weighted by Crippen LogP contribution is 2.29. The van der Waals surface area contributed by atoms with Crippen LogP contribution < -0.4 is 10.2 Å². The lowest BCUT2D eigenvalue weighted by molar-refractivity contribution is -0.122. The second kappa shape index (κ2) is 8.57. The van der Waals surface area contributed by atoms with Gasteiger partial charge in [-0.25, -0.2) is 14.5 Å². The average molecular weight is 485 g/mol. The Balaban J connectivity index is 1.68. The molecule has 8 nitrogen and oxygen atoms in total.